The fraction of sp³-hybridized carbons (Fsp3) is 1.00. The Balaban J connectivity index is 1.97. The number of rotatable bonds is 6. The van der Waals surface area contributed by atoms with Crippen LogP contribution in [0.25, 0.3) is 0 Å². The van der Waals surface area contributed by atoms with Gasteiger partial charge in [0.05, 0.1) is 12.8 Å². The summed E-state index contributed by atoms with van der Waals surface area (Å²) in [5, 5.41) is 8.84. The average molecular weight is 189 g/mol. The van der Waals surface area contributed by atoms with Gasteiger partial charge in [0.2, 0.25) is 0 Å². The summed E-state index contributed by atoms with van der Waals surface area (Å²) in [5.41, 5.74) is 0. The Morgan fingerprint density at radius 1 is 1.46 bits per heavy atom. The quantitative estimate of drug-likeness (QED) is 0.600. The molecule has 0 spiro atoms. The van der Waals surface area contributed by atoms with Gasteiger partial charge in [-0.1, -0.05) is 0 Å². The third kappa shape index (κ3) is 4.04. The van der Waals surface area contributed by atoms with Crippen LogP contribution in [0, 0.1) is 0 Å². The van der Waals surface area contributed by atoms with Gasteiger partial charge < -0.3 is 14.6 Å². The van der Waals surface area contributed by atoms with E-state index in [0.717, 1.165) is 39.1 Å². The van der Waals surface area contributed by atoms with Crippen LogP contribution in [0.3, 0.4) is 0 Å². The molecule has 1 N–H and O–H groups in total. The van der Waals surface area contributed by atoms with E-state index in [1.54, 1.807) is 7.11 Å². The minimum atomic E-state index is 0.151. The van der Waals surface area contributed by atoms with Gasteiger partial charge in [-0.05, 0) is 12.8 Å². The van der Waals surface area contributed by atoms with E-state index < -0.39 is 0 Å². The third-order valence-electron chi connectivity index (χ3n) is 2.28. The van der Waals surface area contributed by atoms with E-state index in [4.69, 9.17) is 14.6 Å². The Hall–Kier alpha value is -0.160. The zero-order valence-electron chi connectivity index (χ0n) is 8.24. The Kier molecular flexibility index (Phi) is 5.31. The summed E-state index contributed by atoms with van der Waals surface area (Å²) in [6.07, 6.45) is 2.30. The van der Waals surface area contributed by atoms with E-state index in [1.165, 1.54) is 0 Å². The van der Waals surface area contributed by atoms with Crippen LogP contribution in [0.2, 0.25) is 0 Å². The van der Waals surface area contributed by atoms with E-state index in [9.17, 15) is 0 Å². The molecule has 0 aromatic rings. The summed E-state index contributed by atoms with van der Waals surface area (Å²) in [5.74, 6) is 0. The molecule has 1 aliphatic heterocycles. The molecule has 1 fully saturated rings. The van der Waals surface area contributed by atoms with Gasteiger partial charge in [-0.15, -0.1) is 0 Å². The van der Waals surface area contributed by atoms with Crippen LogP contribution in [0.1, 0.15) is 12.8 Å². The van der Waals surface area contributed by atoms with Gasteiger partial charge in [-0.3, -0.25) is 4.90 Å². The monoisotopic (exact) mass is 189 g/mol. The van der Waals surface area contributed by atoms with Gasteiger partial charge in [0, 0.05) is 33.4 Å². The Bertz CT molecular complexity index is 132. The summed E-state index contributed by atoms with van der Waals surface area (Å²) in [6.45, 7) is 3.49. The van der Waals surface area contributed by atoms with Crippen molar-refractivity contribution in [2.75, 3.05) is 40.1 Å². The molecule has 0 aromatic heterocycles. The molecule has 1 unspecified atom stereocenters. The Morgan fingerprint density at radius 3 is 2.92 bits per heavy atom. The zero-order chi connectivity index (χ0) is 9.52. The number of methoxy groups -OCH3 is 1. The molecule has 1 rings (SSSR count). The maximum absolute atomic E-state index is 8.84. The number of ether oxygens (including phenoxy) is 2. The molecule has 4 heteroatoms. The first-order chi connectivity index (χ1) is 6.36. The van der Waals surface area contributed by atoms with Crippen LogP contribution in [-0.2, 0) is 9.47 Å². The van der Waals surface area contributed by atoms with E-state index in [2.05, 4.69) is 0 Å². The second kappa shape index (κ2) is 6.32. The number of hydrogen-bond donors (Lipinski definition) is 1. The lowest BCUT2D eigenvalue weighted by Crippen LogP contribution is -2.24. The fourth-order valence-electron chi connectivity index (χ4n) is 1.51. The molecule has 0 bridgehead atoms. The minimum Gasteiger partial charge on any atom is -0.385 e. The number of aliphatic hydroxyl groups excluding tert-OH is 1. The molecule has 1 saturated heterocycles. The molecule has 13 heavy (non-hydrogen) atoms. The molecule has 0 aromatic carbocycles. The summed E-state index contributed by atoms with van der Waals surface area (Å²) >= 11 is 0. The van der Waals surface area contributed by atoms with E-state index in [1.807, 2.05) is 4.90 Å². The van der Waals surface area contributed by atoms with Gasteiger partial charge in [0.15, 0.2) is 0 Å². The van der Waals surface area contributed by atoms with Gasteiger partial charge in [-0.25, -0.2) is 0 Å². The number of hydrogen-bond acceptors (Lipinski definition) is 4. The van der Waals surface area contributed by atoms with Crippen molar-refractivity contribution in [1.29, 1.82) is 0 Å². The van der Waals surface area contributed by atoms with Crippen molar-refractivity contribution < 1.29 is 14.6 Å². The minimum absolute atomic E-state index is 0.151. The Morgan fingerprint density at radius 2 is 2.31 bits per heavy atom. The van der Waals surface area contributed by atoms with Crippen LogP contribution >= 0.6 is 0 Å². The maximum Gasteiger partial charge on any atom is 0.0957 e. The molecular weight excluding hydrogens is 170 g/mol. The fourth-order valence-corrected chi connectivity index (χ4v) is 1.51. The van der Waals surface area contributed by atoms with Crippen molar-refractivity contribution in [2.24, 2.45) is 0 Å². The maximum atomic E-state index is 8.84. The highest BCUT2D eigenvalue weighted by Gasteiger charge is 2.21. The van der Waals surface area contributed by atoms with Crippen molar-refractivity contribution in [2.45, 2.75) is 18.9 Å². The van der Waals surface area contributed by atoms with Gasteiger partial charge in [0.1, 0.15) is 0 Å². The third-order valence-corrected chi connectivity index (χ3v) is 2.28. The summed E-state index contributed by atoms with van der Waals surface area (Å²) in [6, 6.07) is 0. The van der Waals surface area contributed by atoms with Crippen molar-refractivity contribution >= 4 is 0 Å². The predicted octanol–water partition coefficient (Wildman–Crippen LogP) is 0.0636. The number of nitrogens with zero attached hydrogens (tertiary/aromatic N) is 1. The first-order valence-corrected chi connectivity index (χ1v) is 4.80. The topological polar surface area (TPSA) is 41.9 Å². The van der Waals surface area contributed by atoms with Gasteiger partial charge in [0.25, 0.3) is 0 Å². The van der Waals surface area contributed by atoms with Crippen LogP contribution < -0.4 is 0 Å². The SMILES string of the molecule is COCCCOC1CCN(CO)C1. The van der Waals surface area contributed by atoms with Gasteiger partial charge in [-0.2, -0.15) is 0 Å². The lowest BCUT2D eigenvalue weighted by molar-refractivity contribution is 0.0364. The van der Waals surface area contributed by atoms with Crippen LogP contribution in [-0.4, -0.2) is 56.3 Å². The molecule has 78 valence electrons. The van der Waals surface area contributed by atoms with Crippen molar-refractivity contribution in [1.82, 2.24) is 4.90 Å². The summed E-state index contributed by atoms with van der Waals surface area (Å²) < 4.78 is 10.5. The standard InChI is InChI=1S/C9H19NO3/c1-12-5-2-6-13-9-3-4-10(7-9)8-11/h9,11H,2-8H2,1H3. The van der Waals surface area contributed by atoms with Crippen molar-refractivity contribution in [3.8, 4) is 0 Å². The smallest absolute Gasteiger partial charge is 0.0957 e. The summed E-state index contributed by atoms with van der Waals surface area (Å²) in [4.78, 5) is 1.99. The molecule has 1 aliphatic rings. The van der Waals surface area contributed by atoms with E-state index >= 15 is 0 Å². The van der Waals surface area contributed by atoms with E-state index in [-0.39, 0.29) is 6.73 Å². The normalized spacial score (nSPS) is 24.0. The van der Waals surface area contributed by atoms with Gasteiger partial charge >= 0.3 is 0 Å². The molecule has 0 radical (unpaired) electrons. The van der Waals surface area contributed by atoms with Crippen LogP contribution in [0.4, 0.5) is 0 Å². The van der Waals surface area contributed by atoms with Crippen LogP contribution in [0.5, 0.6) is 0 Å². The first-order valence-electron chi connectivity index (χ1n) is 4.80. The second-order valence-electron chi connectivity index (χ2n) is 3.35. The molecule has 0 aliphatic carbocycles. The summed E-state index contributed by atoms with van der Waals surface area (Å²) in [7, 11) is 1.70. The molecule has 0 amide bonds. The van der Waals surface area contributed by atoms with Crippen molar-refractivity contribution in [3.05, 3.63) is 0 Å². The highest BCUT2D eigenvalue weighted by Crippen LogP contribution is 2.11. The lowest BCUT2D eigenvalue weighted by Gasteiger charge is -2.12. The molecular formula is C9H19NO3. The molecule has 1 atom stereocenters. The largest absolute Gasteiger partial charge is 0.385 e. The zero-order valence-corrected chi connectivity index (χ0v) is 8.24. The highest BCUT2D eigenvalue weighted by molar-refractivity contribution is 4.73. The lowest BCUT2D eigenvalue weighted by atomic mass is 10.3. The number of likely N-dealkylation sites (tertiary alicyclic amines) is 1. The second-order valence-corrected chi connectivity index (χ2v) is 3.35. The highest BCUT2D eigenvalue weighted by atomic mass is 16.5. The molecule has 1 heterocycles. The van der Waals surface area contributed by atoms with Crippen molar-refractivity contribution in [3.63, 3.8) is 0 Å². The van der Waals surface area contributed by atoms with E-state index in [0.29, 0.717) is 6.10 Å². The predicted molar refractivity (Wildman–Crippen MR) is 49.5 cm³/mol. The number of aliphatic hydroxyl groups is 1. The molecule has 0 saturated carbocycles. The Labute approximate surface area is 79.4 Å². The average Bonchev–Trinajstić information content (AvgIpc) is 2.60. The molecule has 4 nitrogen and oxygen atoms in total. The van der Waals surface area contributed by atoms with Crippen LogP contribution in [0.15, 0.2) is 0 Å². The first kappa shape index (κ1) is 10.9.